The smallest absolute Gasteiger partial charge is 0.407 e. The van der Waals surface area contributed by atoms with Gasteiger partial charge in [0.15, 0.2) is 0 Å². The lowest BCUT2D eigenvalue weighted by molar-refractivity contribution is 0.139. The van der Waals surface area contributed by atoms with Gasteiger partial charge < -0.3 is 10.1 Å². The number of halogens is 1. The lowest BCUT2D eigenvalue weighted by Gasteiger charge is -2.06. The first-order chi connectivity index (χ1) is 15.6. The Morgan fingerprint density at radius 3 is 2.34 bits per heavy atom. The number of alkyl carbamates (subject to hydrolysis) is 1. The van der Waals surface area contributed by atoms with Crippen LogP contribution >= 0.6 is 23.1 Å². The SMILES string of the molecule is CSc1ccc(-c2cc(CNC(=O)OCc3ccccc3)sc2-c2ccc(F)cc2)cc1. The van der Waals surface area contributed by atoms with Crippen molar-refractivity contribution in [3.8, 4) is 21.6 Å². The molecule has 0 aliphatic rings. The predicted octanol–water partition coefficient (Wildman–Crippen LogP) is 7.37. The summed E-state index contributed by atoms with van der Waals surface area (Å²) >= 11 is 3.28. The number of benzene rings is 3. The first-order valence-corrected chi connectivity index (χ1v) is 12.1. The molecule has 6 heteroatoms. The molecular formula is C26H22FNO2S2. The Balaban J connectivity index is 1.52. The molecule has 32 heavy (non-hydrogen) atoms. The highest BCUT2D eigenvalue weighted by Crippen LogP contribution is 2.40. The highest BCUT2D eigenvalue weighted by atomic mass is 32.2. The molecule has 0 saturated heterocycles. The molecular weight excluding hydrogens is 441 g/mol. The quantitative estimate of drug-likeness (QED) is 0.291. The van der Waals surface area contributed by atoms with Gasteiger partial charge in [0, 0.05) is 20.2 Å². The van der Waals surface area contributed by atoms with E-state index in [0.29, 0.717) is 6.54 Å². The number of carbonyl (C=O) groups excluding carboxylic acids is 1. The number of thioether (sulfide) groups is 1. The predicted molar refractivity (Wildman–Crippen MR) is 130 cm³/mol. The van der Waals surface area contributed by atoms with Gasteiger partial charge in [0.05, 0.1) is 6.54 Å². The Hall–Kier alpha value is -3.09. The van der Waals surface area contributed by atoms with Gasteiger partial charge in [-0.25, -0.2) is 9.18 Å². The fourth-order valence-electron chi connectivity index (χ4n) is 3.26. The van der Waals surface area contributed by atoms with Crippen molar-refractivity contribution < 1.29 is 13.9 Å². The molecule has 0 aliphatic carbocycles. The summed E-state index contributed by atoms with van der Waals surface area (Å²) < 4.78 is 18.8. The monoisotopic (exact) mass is 463 g/mol. The molecule has 0 spiro atoms. The third-order valence-electron chi connectivity index (χ3n) is 4.91. The van der Waals surface area contributed by atoms with Gasteiger partial charge >= 0.3 is 6.09 Å². The van der Waals surface area contributed by atoms with E-state index >= 15 is 0 Å². The van der Waals surface area contributed by atoms with Crippen molar-refractivity contribution in [2.45, 2.75) is 18.0 Å². The summed E-state index contributed by atoms with van der Waals surface area (Å²) in [5, 5.41) is 2.83. The molecule has 1 heterocycles. The van der Waals surface area contributed by atoms with Crippen LogP contribution in [0, 0.1) is 5.82 Å². The molecule has 0 bridgehead atoms. The summed E-state index contributed by atoms with van der Waals surface area (Å²) in [6.07, 6.45) is 1.58. The normalized spacial score (nSPS) is 10.7. The number of carbonyl (C=O) groups is 1. The Kier molecular flexibility index (Phi) is 7.24. The van der Waals surface area contributed by atoms with Gasteiger partial charge in [-0.3, -0.25) is 0 Å². The minimum absolute atomic E-state index is 0.227. The minimum atomic E-state index is -0.462. The Labute approximate surface area is 195 Å². The number of hydrogen-bond donors (Lipinski definition) is 1. The van der Waals surface area contributed by atoms with E-state index in [1.807, 2.05) is 36.6 Å². The lowest BCUT2D eigenvalue weighted by Crippen LogP contribution is -2.23. The topological polar surface area (TPSA) is 38.3 Å². The average molecular weight is 464 g/mol. The third-order valence-corrected chi connectivity index (χ3v) is 6.84. The van der Waals surface area contributed by atoms with Gasteiger partial charge in [-0.2, -0.15) is 0 Å². The van der Waals surface area contributed by atoms with Gasteiger partial charge in [-0.05, 0) is 53.3 Å². The number of ether oxygens (including phenoxy) is 1. The van der Waals surface area contributed by atoms with Gasteiger partial charge in [0.2, 0.25) is 0 Å². The molecule has 162 valence electrons. The van der Waals surface area contributed by atoms with E-state index in [9.17, 15) is 9.18 Å². The summed E-state index contributed by atoms with van der Waals surface area (Å²) in [6.45, 7) is 0.584. The van der Waals surface area contributed by atoms with Gasteiger partial charge in [-0.15, -0.1) is 23.1 Å². The van der Waals surface area contributed by atoms with E-state index in [1.165, 1.54) is 17.0 Å². The molecule has 1 N–H and O–H groups in total. The van der Waals surface area contributed by atoms with Crippen LogP contribution in [0.2, 0.25) is 0 Å². The van der Waals surface area contributed by atoms with E-state index in [-0.39, 0.29) is 12.4 Å². The molecule has 0 fully saturated rings. The van der Waals surface area contributed by atoms with Crippen LogP contribution in [0.25, 0.3) is 21.6 Å². The van der Waals surface area contributed by atoms with Crippen LogP contribution in [0.4, 0.5) is 9.18 Å². The molecule has 0 unspecified atom stereocenters. The van der Waals surface area contributed by atoms with Crippen LogP contribution in [0.1, 0.15) is 10.4 Å². The summed E-state index contributed by atoms with van der Waals surface area (Å²) in [5.41, 5.74) is 4.02. The number of nitrogens with one attached hydrogen (secondary N) is 1. The fourth-order valence-corrected chi connectivity index (χ4v) is 4.80. The molecule has 3 aromatic carbocycles. The lowest BCUT2D eigenvalue weighted by atomic mass is 10.0. The van der Waals surface area contributed by atoms with Crippen molar-refractivity contribution in [1.82, 2.24) is 5.32 Å². The molecule has 1 aromatic heterocycles. The first-order valence-electron chi connectivity index (χ1n) is 10.1. The van der Waals surface area contributed by atoms with Crippen molar-refractivity contribution in [3.05, 3.63) is 101 Å². The van der Waals surface area contributed by atoms with Crippen molar-refractivity contribution in [3.63, 3.8) is 0 Å². The molecule has 0 radical (unpaired) electrons. The zero-order valence-electron chi connectivity index (χ0n) is 17.5. The summed E-state index contributed by atoms with van der Waals surface area (Å²) in [5.74, 6) is -0.265. The highest BCUT2D eigenvalue weighted by molar-refractivity contribution is 7.98. The Morgan fingerprint density at radius 1 is 0.969 bits per heavy atom. The second kappa shape index (κ2) is 10.5. The summed E-state index contributed by atoms with van der Waals surface area (Å²) in [6, 6.07) is 26.5. The van der Waals surface area contributed by atoms with E-state index in [4.69, 9.17) is 4.74 Å². The zero-order chi connectivity index (χ0) is 22.3. The number of rotatable bonds is 7. The minimum Gasteiger partial charge on any atom is -0.445 e. The summed E-state index contributed by atoms with van der Waals surface area (Å²) in [4.78, 5) is 15.4. The van der Waals surface area contributed by atoms with E-state index in [1.54, 1.807) is 35.2 Å². The van der Waals surface area contributed by atoms with Gasteiger partial charge in [-0.1, -0.05) is 54.6 Å². The average Bonchev–Trinajstić information content (AvgIpc) is 3.27. The van der Waals surface area contributed by atoms with E-state index < -0.39 is 6.09 Å². The Bertz CT molecular complexity index is 1170. The number of hydrogen-bond acceptors (Lipinski definition) is 4. The van der Waals surface area contributed by atoms with Crippen LogP contribution in [0.5, 0.6) is 0 Å². The molecule has 4 rings (SSSR count). The third kappa shape index (κ3) is 5.58. The van der Waals surface area contributed by atoms with Crippen molar-refractivity contribution in [2.75, 3.05) is 6.26 Å². The van der Waals surface area contributed by atoms with Crippen LogP contribution in [0.3, 0.4) is 0 Å². The van der Waals surface area contributed by atoms with Crippen LogP contribution in [-0.2, 0) is 17.9 Å². The second-order valence-corrected chi connectivity index (χ2v) is 9.12. The standard InChI is InChI=1S/C26H22FNO2S2/c1-31-22-13-9-19(10-14-22)24-15-23(32-25(24)20-7-11-21(27)12-8-20)16-28-26(29)30-17-18-5-3-2-4-6-18/h2-15H,16-17H2,1H3,(H,28,29). The van der Waals surface area contributed by atoms with Crippen molar-refractivity contribution in [2.24, 2.45) is 0 Å². The largest absolute Gasteiger partial charge is 0.445 e. The van der Waals surface area contributed by atoms with Crippen LogP contribution < -0.4 is 5.32 Å². The van der Waals surface area contributed by atoms with Crippen molar-refractivity contribution in [1.29, 1.82) is 0 Å². The number of amides is 1. The maximum atomic E-state index is 13.5. The van der Waals surface area contributed by atoms with Gasteiger partial charge in [0.1, 0.15) is 12.4 Å². The van der Waals surface area contributed by atoms with Crippen LogP contribution in [-0.4, -0.2) is 12.3 Å². The van der Waals surface area contributed by atoms with Gasteiger partial charge in [0.25, 0.3) is 0 Å². The fraction of sp³-hybridized carbons (Fsp3) is 0.115. The molecule has 0 atom stereocenters. The summed E-state index contributed by atoms with van der Waals surface area (Å²) in [7, 11) is 0. The molecule has 3 nitrogen and oxygen atoms in total. The molecule has 1 amide bonds. The maximum absolute atomic E-state index is 13.5. The van der Waals surface area contributed by atoms with Crippen LogP contribution in [0.15, 0.2) is 89.8 Å². The molecule has 0 aliphatic heterocycles. The second-order valence-electron chi connectivity index (χ2n) is 7.11. The van der Waals surface area contributed by atoms with E-state index in [2.05, 4.69) is 35.6 Å². The van der Waals surface area contributed by atoms with Crippen molar-refractivity contribution >= 4 is 29.2 Å². The number of thiophene rings is 1. The Morgan fingerprint density at radius 2 is 1.66 bits per heavy atom. The molecule has 0 saturated carbocycles. The maximum Gasteiger partial charge on any atom is 0.407 e. The highest BCUT2D eigenvalue weighted by Gasteiger charge is 2.14. The van der Waals surface area contributed by atoms with E-state index in [0.717, 1.165) is 32.0 Å². The molecule has 4 aromatic rings. The zero-order valence-corrected chi connectivity index (χ0v) is 19.1. The first kappa shape index (κ1) is 22.1.